The van der Waals surface area contributed by atoms with Gasteiger partial charge in [0.05, 0.1) is 0 Å². The van der Waals surface area contributed by atoms with Crippen molar-refractivity contribution >= 4 is 0 Å². The van der Waals surface area contributed by atoms with Crippen LogP contribution < -0.4 is 5.32 Å². The fourth-order valence-corrected chi connectivity index (χ4v) is 3.24. The van der Waals surface area contributed by atoms with Gasteiger partial charge < -0.3 is 10.2 Å². The van der Waals surface area contributed by atoms with E-state index in [9.17, 15) is 0 Å². The van der Waals surface area contributed by atoms with Crippen LogP contribution in [-0.2, 0) is 0 Å². The van der Waals surface area contributed by atoms with Gasteiger partial charge in [-0.05, 0) is 45.2 Å². The van der Waals surface area contributed by atoms with Crippen LogP contribution in [0.2, 0.25) is 0 Å². The van der Waals surface area contributed by atoms with Crippen molar-refractivity contribution in [3.63, 3.8) is 0 Å². The van der Waals surface area contributed by atoms with Gasteiger partial charge in [0.25, 0.3) is 0 Å². The van der Waals surface area contributed by atoms with Gasteiger partial charge in [0, 0.05) is 18.6 Å². The Kier molecular flexibility index (Phi) is 5.46. The molecule has 0 spiro atoms. The highest BCUT2D eigenvalue weighted by Crippen LogP contribution is 2.30. The van der Waals surface area contributed by atoms with E-state index in [4.69, 9.17) is 0 Å². The Hall–Kier alpha value is -0.0800. The molecular formula is C15H32N2. The molecule has 0 aliphatic heterocycles. The molecular weight excluding hydrogens is 208 g/mol. The molecule has 0 saturated heterocycles. The largest absolute Gasteiger partial charge is 0.317 e. The lowest BCUT2D eigenvalue weighted by molar-refractivity contribution is 0.0836. The lowest BCUT2D eigenvalue weighted by atomic mass is 9.81. The Morgan fingerprint density at radius 1 is 1.29 bits per heavy atom. The minimum Gasteiger partial charge on any atom is -0.317 e. The summed E-state index contributed by atoms with van der Waals surface area (Å²) in [5.41, 5.74) is 0.334. The lowest BCUT2D eigenvalue weighted by Crippen LogP contribution is -2.49. The van der Waals surface area contributed by atoms with Crippen molar-refractivity contribution in [3.8, 4) is 0 Å². The number of nitrogens with zero attached hydrogens (tertiary/aromatic N) is 1. The normalized spacial score (nSPS) is 28.4. The van der Waals surface area contributed by atoms with Gasteiger partial charge in [-0.15, -0.1) is 0 Å². The molecule has 0 heterocycles. The average molecular weight is 240 g/mol. The predicted molar refractivity (Wildman–Crippen MR) is 76.4 cm³/mol. The first-order valence-corrected chi connectivity index (χ1v) is 7.26. The molecule has 0 amide bonds. The predicted octanol–water partition coefficient (Wildman–Crippen LogP) is 3.13. The summed E-state index contributed by atoms with van der Waals surface area (Å²) < 4.78 is 0. The summed E-state index contributed by atoms with van der Waals surface area (Å²) in [5, 5.41) is 3.40. The molecule has 2 nitrogen and oxygen atoms in total. The average Bonchev–Trinajstić information content (AvgIpc) is 2.27. The van der Waals surface area contributed by atoms with Gasteiger partial charge in [-0.3, -0.25) is 0 Å². The molecule has 3 unspecified atom stereocenters. The Balaban J connectivity index is 2.55. The Bertz CT molecular complexity index is 225. The Morgan fingerprint density at radius 3 is 2.41 bits per heavy atom. The minimum absolute atomic E-state index is 0.334. The molecule has 0 aromatic rings. The van der Waals surface area contributed by atoms with Crippen LogP contribution >= 0.6 is 0 Å². The highest BCUT2D eigenvalue weighted by molar-refractivity contribution is 4.86. The summed E-state index contributed by atoms with van der Waals surface area (Å²) in [6.45, 7) is 10.6. The van der Waals surface area contributed by atoms with E-state index < -0.39 is 0 Å². The zero-order chi connectivity index (χ0) is 13.1. The highest BCUT2D eigenvalue weighted by Gasteiger charge is 2.31. The summed E-state index contributed by atoms with van der Waals surface area (Å²) in [6, 6.07) is 1.36. The lowest BCUT2D eigenvalue weighted by Gasteiger charge is -2.42. The number of hydrogen-bond acceptors (Lipinski definition) is 2. The fraction of sp³-hybridized carbons (Fsp3) is 1.00. The van der Waals surface area contributed by atoms with Gasteiger partial charge in [0.1, 0.15) is 0 Å². The third kappa shape index (κ3) is 3.96. The maximum Gasteiger partial charge on any atom is 0.0118 e. The number of rotatable bonds is 5. The van der Waals surface area contributed by atoms with Gasteiger partial charge in [-0.1, -0.05) is 33.6 Å². The Labute approximate surface area is 108 Å². The topological polar surface area (TPSA) is 15.3 Å². The Morgan fingerprint density at radius 2 is 1.88 bits per heavy atom. The zero-order valence-electron chi connectivity index (χ0n) is 12.7. The van der Waals surface area contributed by atoms with Crippen LogP contribution in [0.4, 0.5) is 0 Å². The van der Waals surface area contributed by atoms with Gasteiger partial charge >= 0.3 is 0 Å². The zero-order valence-corrected chi connectivity index (χ0v) is 12.7. The first-order chi connectivity index (χ1) is 7.88. The second-order valence-electron chi connectivity index (χ2n) is 6.74. The van der Waals surface area contributed by atoms with E-state index in [-0.39, 0.29) is 0 Å². The molecule has 1 aliphatic carbocycles. The van der Waals surface area contributed by atoms with Crippen molar-refractivity contribution in [2.75, 3.05) is 20.6 Å². The molecule has 1 aliphatic rings. The molecule has 1 N–H and O–H groups in total. The maximum absolute atomic E-state index is 3.40. The quantitative estimate of drug-likeness (QED) is 0.794. The number of hydrogen-bond donors (Lipinski definition) is 1. The molecule has 0 aromatic carbocycles. The maximum atomic E-state index is 3.40. The molecule has 0 aromatic heterocycles. The van der Waals surface area contributed by atoms with Crippen LogP contribution in [0.25, 0.3) is 0 Å². The summed E-state index contributed by atoms with van der Waals surface area (Å²) in [7, 11) is 4.38. The van der Waals surface area contributed by atoms with Crippen molar-refractivity contribution < 1.29 is 0 Å². The van der Waals surface area contributed by atoms with Crippen molar-refractivity contribution in [1.82, 2.24) is 10.2 Å². The van der Waals surface area contributed by atoms with Gasteiger partial charge in [-0.25, -0.2) is 0 Å². The van der Waals surface area contributed by atoms with E-state index in [2.05, 4.69) is 52.0 Å². The van der Waals surface area contributed by atoms with Crippen LogP contribution in [0.1, 0.15) is 53.4 Å². The molecule has 3 atom stereocenters. The van der Waals surface area contributed by atoms with Crippen LogP contribution in [-0.4, -0.2) is 37.6 Å². The van der Waals surface area contributed by atoms with E-state index in [1.54, 1.807) is 0 Å². The third-order valence-electron chi connectivity index (χ3n) is 4.89. The van der Waals surface area contributed by atoms with Crippen molar-refractivity contribution in [2.45, 2.75) is 65.5 Å². The second kappa shape index (κ2) is 6.19. The smallest absolute Gasteiger partial charge is 0.0118 e. The van der Waals surface area contributed by atoms with E-state index in [0.717, 1.165) is 12.0 Å². The molecule has 102 valence electrons. The SMILES string of the molecule is CNC(C)C(C)(C)CN(C)C1CCCCC1C. The molecule has 2 heteroatoms. The molecule has 17 heavy (non-hydrogen) atoms. The van der Waals surface area contributed by atoms with Crippen molar-refractivity contribution in [1.29, 1.82) is 0 Å². The molecule has 1 fully saturated rings. The van der Waals surface area contributed by atoms with Crippen LogP contribution in [0.5, 0.6) is 0 Å². The van der Waals surface area contributed by atoms with Crippen molar-refractivity contribution in [2.24, 2.45) is 11.3 Å². The fourth-order valence-electron chi connectivity index (χ4n) is 3.24. The van der Waals surface area contributed by atoms with Crippen molar-refractivity contribution in [3.05, 3.63) is 0 Å². The molecule has 0 bridgehead atoms. The molecule has 1 saturated carbocycles. The van der Waals surface area contributed by atoms with E-state index in [1.807, 2.05) is 0 Å². The van der Waals surface area contributed by atoms with E-state index in [1.165, 1.54) is 32.2 Å². The summed E-state index contributed by atoms with van der Waals surface area (Å²) in [6.07, 6.45) is 5.65. The highest BCUT2D eigenvalue weighted by atomic mass is 15.1. The summed E-state index contributed by atoms with van der Waals surface area (Å²) in [4.78, 5) is 2.61. The molecule has 0 radical (unpaired) electrons. The van der Waals surface area contributed by atoms with E-state index >= 15 is 0 Å². The number of nitrogens with one attached hydrogen (secondary N) is 1. The first-order valence-electron chi connectivity index (χ1n) is 7.26. The molecule has 1 rings (SSSR count). The van der Waals surface area contributed by atoms with E-state index in [0.29, 0.717) is 11.5 Å². The van der Waals surface area contributed by atoms with Gasteiger partial charge in [-0.2, -0.15) is 0 Å². The van der Waals surface area contributed by atoms with Gasteiger partial charge in [0.15, 0.2) is 0 Å². The third-order valence-corrected chi connectivity index (χ3v) is 4.89. The standard InChI is InChI=1S/C15H32N2/c1-12-9-7-8-10-14(12)17(6)11-15(3,4)13(2)16-5/h12-14,16H,7-11H2,1-6H3. The van der Waals surface area contributed by atoms with Crippen LogP contribution in [0.3, 0.4) is 0 Å². The van der Waals surface area contributed by atoms with Gasteiger partial charge in [0.2, 0.25) is 0 Å². The first kappa shape index (κ1) is 15.0. The van der Waals surface area contributed by atoms with Crippen LogP contribution in [0.15, 0.2) is 0 Å². The minimum atomic E-state index is 0.334. The van der Waals surface area contributed by atoms with Crippen LogP contribution in [0, 0.1) is 11.3 Å². The second-order valence-corrected chi connectivity index (χ2v) is 6.74. The monoisotopic (exact) mass is 240 g/mol. The summed E-state index contributed by atoms with van der Waals surface area (Å²) in [5.74, 6) is 0.870. The summed E-state index contributed by atoms with van der Waals surface area (Å²) >= 11 is 0.